The average Bonchev–Trinajstić information content (AvgIpc) is 3.51. The van der Waals surface area contributed by atoms with Gasteiger partial charge in [0.2, 0.25) is 0 Å². The molecule has 1 saturated heterocycles. The maximum Gasteiger partial charge on any atom is 0.410 e. The van der Waals surface area contributed by atoms with Crippen molar-refractivity contribution in [1.82, 2.24) is 30.0 Å². The van der Waals surface area contributed by atoms with E-state index in [4.69, 9.17) is 4.74 Å². The molecule has 1 fully saturated rings. The molecule has 4 heterocycles. The second-order valence-corrected chi connectivity index (χ2v) is 7.59. The zero-order chi connectivity index (χ0) is 21.0. The summed E-state index contributed by atoms with van der Waals surface area (Å²) in [6, 6.07) is 11.8. The minimum absolute atomic E-state index is 0.0835. The van der Waals surface area contributed by atoms with E-state index in [1.165, 1.54) is 0 Å². The van der Waals surface area contributed by atoms with Gasteiger partial charge in [0, 0.05) is 36.9 Å². The SMILES string of the molecule is O=C(OCc1ccccc1)N1CCC[C@@H](Nc2c(-c3nnc[nH]3)cnc3[nH]ccc23)C1. The number of amides is 1. The lowest BCUT2D eigenvalue weighted by atomic mass is 10.0. The Morgan fingerprint density at radius 2 is 2.13 bits per heavy atom. The largest absolute Gasteiger partial charge is 0.445 e. The Hall–Kier alpha value is -3.88. The molecule has 1 aliphatic heterocycles. The standard InChI is InChI=1S/C22H23N7O2/c30-22(31-13-15-5-2-1-3-6-15)29-10-4-7-16(12-29)27-19-17-8-9-23-20(17)24-11-18(19)21-25-14-26-28-21/h1-3,5-6,8-9,11,14,16H,4,7,10,12-13H2,(H2,23,24,27)(H,25,26,28)/t16-/m1/s1. The first-order valence-electron chi connectivity index (χ1n) is 10.3. The molecular weight excluding hydrogens is 394 g/mol. The van der Waals surface area contributed by atoms with E-state index in [2.05, 4.69) is 30.5 Å². The van der Waals surface area contributed by atoms with Crippen molar-refractivity contribution in [1.29, 1.82) is 0 Å². The number of H-pyrrole nitrogens is 2. The quantitative estimate of drug-likeness (QED) is 0.458. The van der Waals surface area contributed by atoms with Crippen LogP contribution in [0.25, 0.3) is 22.4 Å². The van der Waals surface area contributed by atoms with Crippen LogP contribution in [0.3, 0.4) is 0 Å². The number of piperidine rings is 1. The summed E-state index contributed by atoms with van der Waals surface area (Å²) in [6.45, 7) is 1.53. The van der Waals surface area contributed by atoms with Crippen LogP contribution in [0.5, 0.6) is 0 Å². The zero-order valence-corrected chi connectivity index (χ0v) is 16.9. The van der Waals surface area contributed by atoms with Gasteiger partial charge in [-0.2, -0.15) is 0 Å². The first-order chi connectivity index (χ1) is 15.3. The number of nitrogens with one attached hydrogen (secondary N) is 3. The fourth-order valence-electron chi connectivity index (χ4n) is 3.96. The molecule has 158 valence electrons. The third-order valence-electron chi connectivity index (χ3n) is 5.49. The van der Waals surface area contributed by atoms with Gasteiger partial charge >= 0.3 is 6.09 Å². The van der Waals surface area contributed by atoms with Gasteiger partial charge in [0.25, 0.3) is 0 Å². The van der Waals surface area contributed by atoms with Gasteiger partial charge in [-0.15, -0.1) is 10.2 Å². The molecule has 9 nitrogen and oxygen atoms in total. The zero-order valence-electron chi connectivity index (χ0n) is 16.9. The summed E-state index contributed by atoms with van der Waals surface area (Å²) in [6.07, 6.45) is 6.75. The van der Waals surface area contributed by atoms with Crippen LogP contribution in [0.1, 0.15) is 18.4 Å². The van der Waals surface area contributed by atoms with Crippen LogP contribution in [0, 0.1) is 0 Å². The molecule has 4 aromatic rings. The van der Waals surface area contributed by atoms with E-state index in [1.807, 2.05) is 42.6 Å². The van der Waals surface area contributed by atoms with Crippen LogP contribution in [0.15, 0.2) is 55.1 Å². The van der Waals surface area contributed by atoms with Gasteiger partial charge in [-0.1, -0.05) is 30.3 Å². The molecule has 9 heteroatoms. The monoisotopic (exact) mass is 417 g/mol. The van der Waals surface area contributed by atoms with Crippen molar-refractivity contribution < 1.29 is 9.53 Å². The average molecular weight is 417 g/mol. The van der Waals surface area contributed by atoms with E-state index in [0.29, 0.717) is 18.9 Å². The van der Waals surface area contributed by atoms with Gasteiger partial charge in [0.15, 0.2) is 5.82 Å². The lowest BCUT2D eigenvalue weighted by Crippen LogP contribution is -2.45. The minimum Gasteiger partial charge on any atom is -0.445 e. The number of hydrogen-bond acceptors (Lipinski definition) is 6. The number of pyridine rings is 1. The number of rotatable bonds is 5. The van der Waals surface area contributed by atoms with Crippen LogP contribution < -0.4 is 5.32 Å². The molecular formula is C22H23N7O2. The van der Waals surface area contributed by atoms with Crippen molar-refractivity contribution in [2.75, 3.05) is 18.4 Å². The minimum atomic E-state index is -0.285. The third kappa shape index (κ3) is 4.07. The van der Waals surface area contributed by atoms with Crippen LogP contribution in [0.4, 0.5) is 10.5 Å². The second-order valence-electron chi connectivity index (χ2n) is 7.59. The Bertz CT molecular complexity index is 1160. The normalized spacial score (nSPS) is 16.4. The number of likely N-dealkylation sites (tertiary alicyclic amines) is 1. The van der Waals surface area contributed by atoms with Crippen molar-refractivity contribution in [2.45, 2.75) is 25.5 Å². The number of carbonyl (C=O) groups is 1. The molecule has 0 radical (unpaired) electrons. The molecule has 1 aromatic carbocycles. The molecule has 5 rings (SSSR count). The smallest absolute Gasteiger partial charge is 0.410 e. The number of benzene rings is 1. The van der Waals surface area contributed by atoms with Gasteiger partial charge in [-0.05, 0) is 24.5 Å². The number of fused-ring (bicyclic) bond motifs is 1. The summed E-state index contributed by atoms with van der Waals surface area (Å²) >= 11 is 0. The highest BCUT2D eigenvalue weighted by molar-refractivity contribution is 5.97. The van der Waals surface area contributed by atoms with E-state index in [1.54, 1.807) is 17.4 Å². The van der Waals surface area contributed by atoms with Gasteiger partial charge in [0.05, 0.1) is 11.3 Å². The van der Waals surface area contributed by atoms with E-state index in [-0.39, 0.29) is 18.7 Å². The van der Waals surface area contributed by atoms with Crippen molar-refractivity contribution in [2.24, 2.45) is 0 Å². The summed E-state index contributed by atoms with van der Waals surface area (Å²) in [5.41, 5.74) is 3.53. The lowest BCUT2D eigenvalue weighted by molar-refractivity contribution is 0.0875. The molecule has 31 heavy (non-hydrogen) atoms. The molecule has 0 bridgehead atoms. The predicted octanol–water partition coefficient (Wildman–Crippen LogP) is 3.56. The summed E-state index contributed by atoms with van der Waals surface area (Å²) < 4.78 is 5.53. The molecule has 3 N–H and O–H groups in total. The molecule has 0 aliphatic carbocycles. The fraction of sp³-hybridized carbons (Fsp3) is 0.273. The van der Waals surface area contributed by atoms with Crippen LogP contribution in [-0.4, -0.2) is 55.3 Å². The first kappa shape index (κ1) is 19.1. The fourth-order valence-corrected chi connectivity index (χ4v) is 3.96. The second kappa shape index (κ2) is 8.47. The topological polar surface area (TPSA) is 112 Å². The van der Waals surface area contributed by atoms with E-state index >= 15 is 0 Å². The lowest BCUT2D eigenvalue weighted by Gasteiger charge is -2.33. The van der Waals surface area contributed by atoms with E-state index in [9.17, 15) is 4.79 Å². The Morgan fingerprint density at radius 3 is 2.97 bits per heavy atom. The number of hydrogen-bond donors (Lipinski definition) is 3. The molecule has 0 unspecified atom stereocenters. The molecule has 1 amide bonds. The van der Waals surface area contributed by atoms with Gasteiger partial charge < -0.3 is 24.9 Å². The maximum absolute atomic E-state index is 12.6. The summed E-state index contributed by atoms with van der Waals surface area (Å²) in [4.78, 5) is 25.1. The van der Waals surface area contributed by atoms with Crippen LogP contribution in [-0.2, 0) is 11.3 Å². The number of ether oxygens (including phenoxy) is 1. The third-order valence-corrected chi connectivity index (χ3v) is 5.49. The van der Waals surface area contributed by atoms with E-state index in [0.717, 1.165) is 40.7 Å². The summed E-state index contributed by atoms with van der Waals surface area (Å²) in [5, 5.41) is 12.6. The highest BCUT2D eigenvalue weighted by Crippen LogP contribution is 2.32. The highest BCUT2D eigenvalue weighted by Gasteiger charge is 2.26. The summed E-state index contributed by atoms with van der Waals surface area (Å²) in [7, 11) is 0. The van der Waals surface area contributed by atoms with Gasteiger partial charge in [-0.25, -0.2) is 9.78 Å². The maximum atomic E-state index is 12.6. The molecule has 1 atom stereocenters. The van der Waals surface area contributed by atoms with Crippen LogP contribution in [0.2, 0.25) is 0 Å². The van der Waals surface area contributed by atoms with Gasteiger partial charge in [0.1, 0.15) is 18.6 Å². The number of anilines is 1. The predicted molar refractivity (Wildman–Crippen MR) is 116 cm³/mol. The molecule has 0 spiro atoms. The van der Waals surface area contributed by atoms with Crippen molar-refractivity contribution in [3.63, 3.8) is 0 Å². The summed E-state index contributed by atoms with van der Waals surface area (Å²) in [5.74, 6) is 0.646. The molecule has 3 aromatic heterocycles. The first-order valence-corrected chi connectivity index (χ1v) is 10.3. The van der Waals surface area contributed by atoms with Crippen molar-refractivity contribution in [3.05, 3.63) is 60.7 Å². The number of aromatic amines is 2. The molecule has 0 saturated carbocycles. The van der Waals surface area contributed by atoms with Gasteiger partial charge in [-0.3, -0.25) is 0 Å². The van der Waals surface area contributed by atoms with Crippen molar-refractivity contribution >= 4 is 22.8 Å². The Morgan fingerprint density at radius 1 is 1.23 bits per heavy atom. The molecule has 1 aliphatic rings. The number of nitrogens with zero attached hydrogens (tertiary/aromatic N) is 4. The Kier molecular flexibility index (Phi) is 5.22. The highest BCUT2D eigenvalue weighted by atomic mass is 16.6. The number of aromatic nitrogens is 5. The Balaban J connectivity index is 1.31. The van der Waals surface area contributed by atoms with Crippen molar-refractivity contribution in [3.8, 4) is 11.4 Å². The van der Waals surface area contributed by atoms with E-state index < -0.39 is 0 Å². The number of carbonyl (C=O) groups excluding carboxylic acids is 1. The van der Waals surface area contributed by atoms with Crippen LogP contribution >= 0.6 is 0 Å². The Labute approximate surface area is 178 Å².